The summed E-state index contributed by atoms with van der Waals surface area (Å²) in [6.45, 7) is 6.56. The van der Waals surface area contributed by atoms with Crippen molar-refractivity contribution in [2.45, 2.75) is 63.8 Å². The molecule has 202 valence electrons. The van der Waals surface area contributed by atoms with E-state index in [0.29, 0.717) is 56.3 Å². The van der Waals surface area contributed by atoms with E-state index in [9.17, 15) is 14.7 Å². The maximum Gasteiger partial charge on any atom is 0.407 e. The first-order valence-electron chi connectivity index (χ1n) is 12.8. The lowest BCUT2D eigenvalue weighted by molar-refractivity contribution is 0.0491. The number of amides is 2. The van der Waals surface area contributed by atoms with E-state index in [2.05, 4.69) is 10.6 Å². The Morgan fingerprint density at radius 1 is 1.17 bits per heavy atom. The fraction of sp³-hybridized carbons (Fsp3) is 0.692. The second-order valence-electron chi connectivity index (χ2n) is 9.72. The van der Waals surface area contributed by atoms with Crippen LogP contribution in [0.1, 0.15) is 49.9 Å². The molecule has 1 saturated heterocycles. The van der Waals surface area contributed by atoms with Crippen molar-refractivity contribution in [2.24, 2.45) is 5.92 Å². The van der Waals surface area contributed by atoms with Gasteiger partial charge in [-0.1, -0.05) is 0 Å². The van der Waals surface area contributed by atoms with Gasteiger partial charge in [-0.3, -0.25) is 4.79 Å². The molecule has 1 saturated carbocycles. The summed E-state index contributed by atoms with van der Waals surface area (Å²) in [6, 6.07) is 4.86. The number of hydrogen-bond acceptors (Lipinski definition) is 8. The van der Waals surface area contributed by atoms with Crippen molar-refractivity contribution in [1.29, 1.82) is 0 Å². The van der Waals surface area contributed by atoms with Gasteiger partial charge in [0.2, 0.25) is 0 Å². The number of nitrogens with zero attached hydrogens (tertiary/aromatic N) is 1. The number of hydrogen-bond donors (Lipinski definition) is 3. The number of benzene rings is 1. The summed E-state index contributed by atoms with van der Waals surface area (Å²) in [5, 5.41) is 16.0. The number of aliphatic hydroxyl groups excluding tert-OH is 1. The third-order valence-electron chi connectivity index (χ3n) is 6.80. The number of nitrogens with one attached hydrogen (secondary N) is 2. The highest BCUT2D eigenvalue weighted by molar-refractivity contribution is 5.95. The maximum absolute atomic E-state index is 13.5. The molecule has 2 fully saturated rings. The van der Waals surface area contributed by atoms with Crippen LogP contribution in [0.4, 0.5) is 4.79 Å². The second-order valence-corrected chi connectivity index (χ2v) is 9.72. The molecule has 1 heterocycles. The quantitative estimate of drug-likeness (QED) is 0.369. The lowest BCUT2D eigenvalue weighted by Crippen LogP contribution is -2.46. The van der Waals surface area contributed by atoms with Crippen LogP contribution < -0.4 is 20.1 Å². The molecule has 0 spiro atoms. The number of rotatable bonds is 12. The molecule has 3 rings (SSSR count). The Hall–Kier alpha value is -2.56. The number of alkyl carbamates (subject to hydrolysis) is 1. The third-order valence-corrected chi connectivity index (χ3v) is 6.80. The smallest absolute Gasteiger partial charge is 0.407 e. The molecule has 4 atom stereocenters. The van der Waals surface area contributed by atoms with Gasteiger partial charge in [0.15, 0.2) is 11.5 Å². The topological polar surface area (TPSA) is 119 Å². The first-order chi connectivity index (χ1) is 17.3. The van der Waals surface area contributed by atoms with Crippen LogP contribution in [0, 0.1) is 5.92 Å². The van der Waals surface area contributed by atoms with Gasteiger partial charge in [-0.2, -0.15) is 0 Å². The molecule has 0 unspecified atom stereocenters. The minimum absolute atomic E-state index is 0.0568. The average Bonchev–Trinajstić information content (AvgIpc) is 3.47. The Morgan fingerprint density at radius 3 is 2.64 bits per heavy atom. The normalized spacial score (nSPS) is 23.5. The Balaban J connectivity index is 1.64. The summed E-state index contributed by atoms with van der Waals surface area (Å²) < 4.78 is 22.0. The second kappa shape index (κ2) is 13.7. The van der Waals surface area contributed by atoms with Gasteiger partial charge in [0, 0.05) is 57.3 Å². The summed E-state index contributed by atoms with van der Waals surface area (Å²) >= 11 is 0. The largest absolute Gasteiger partial charge is 0.493 e. The molecular formula is C26H41N3O7. The van der Waals surface area contributed by atoms with Gasteiger partial charge in [-0.05, 0) is 51.3 Å². The van der Waals surface area contributed by atoms with Gasteiger partial charge in [0.25, 0.3) is 5.91 Å². The summed E-state index contributed by atoms with van der Waals surface area (Å²) in [5.41, 5.74) is 0.502. The van der Waals surface area contributed by atoms with E-state index >= 15 is 0 Å². The maximum atomic E-state index is 13.5. The molecule has 2 amide bonds. The Kier molecular flexibility index (Phi) is 10.6. The first kappa shape index (κ1) is 28.0. The van der Waals surface area contributed by atoms with E-state index in [0.717, 1.165) is 19.3 Å². The predicted molar refractivity (Wildman–Crippen MR) is 135 cm³/mol. The van der Waals surface area contributed by atoms with Gasteiger partial charge >= 0.3 is 6.09 Å². The van der Waals surface area contributed by atoms with Crippen molar-refractivity contribution < 1.29 is 33.6 Å². The highest BCUT2D eigenvalue weighted by Gasteiger charge is 2.35. The van der Waals surface area contributed by atoms with E-state index in [1.165, 1.54) is 0 Å². The molecule has 2 aliphatic rings. The molecule has 0 bridgehead atoms. The molecule has 1 aromatic rings. The van der Waals surface area contributed by atoms with E-state index < -0.39 is 12.2 Å². The van der Waals surface area contributed by atoms with Crippen LogP contribution in [0.2, 0.25) is 0 Å². The van der Waals surface area contributed by atoms with Crippen LogP contribution in [0.15, 0.2) is 18.2 Å². The fourth-order valence-electron chi connectivity index (χ4n) is 4.72. The van der Waals surface area contributed by atoms with Gasteiger partial charge < -0.3 is 39.6 Å². The average molecular weight is 508 g/mol. The van der Waals surface area contributed by atoms with Crippen LogP contribution in [0.5, 0.6) is 11.5 Å². The van der Waals surface area contributed by atoms with Crippen LogP contribution >= 0.6 is 0 Å². The zero-order valence-corrected chi connectivity index (χ0v) is 21.8. The van der Waals surface area contributed by atoms with E-state index in [-0.39, 0.29) is 30.0 Å². The highest BCUT2D eigenvalue weighted by Crippen LogP contribution is 2.29. The molecule has 36 heavy (non-hydrogen) atoms. The highest BCUT2D eigenvalue weighted by atomic mass is 16.6. The van der Waals surface area contributed by atoms with Crippen molar-refractivity contribution >= 4 is 12.0 Å². The Bertz CT molecular complexity index is 866. The monoisotopic (exact) mass is 507 g/mol. The molecule has 1 aliphatic heterocycles. The van der Waals surface area contributed by atoms with Crippen molar-refractivity contribution in [1.82, 2.24) is 15.5 Å². The zero-order valence-electron chi connectivity index (χ0n) is 21.8. The van der Waals surface area contributed by atoms with Crippen molar-refractivity contribution in [2.75, 3.05) is 47.1 Å². The summed E-state index contributed by atoms with van der Waals surface area (Å²) in [7, 11) is 3.21. The van der Waals surface area contributed by atoms with Crippen LogP contribution in [0.3, 0.4) is 0 Å². The van der Waals surface area contributed by atoms with Crippen molar-refractivity contribution in [3.63, 3.8) is 0 Å². The predicted octanol–water partition coefficient (Wildman–Crippen LogP) is 2.19. The molecule has 0 radical (unpaired) electrons. The van der Waals surface area contributed by atoms with Crippen LogP contribution in [-0.4, -0.2) is 93.4 Å². The van der Waals surface area contributed by atoms with Crippen LogP contribution in [0.25, 0.3) is 0 Å². The number of methoxy groups -OCH3 is 2. The van der Waals surface area contributed by atoms with E-state index in [1.54, 1.807) is 37.3 Å². The molecular weight excluding hydrogens is 466 g/mol. The lowest BCUT2D eigenvalue weighted by Gasteiger charge is -2.31. The molecule has 1 aromatic carbocycles. The minimum atomic E-state index is -0.526. The fourth-order valence-corrected chi connectivity index (χ4v) is 4.72. The standard InChI is InChI=1S/C26H41N3O7/c1-17(2)29(25(31)18-9-10-22(34-4)23(13-18)35-12-6-11-33-3)16-19-14-27-15-24(19)36-26(32)28-20-7-5-8-21(20)30/h9-10,13,17,19-21,24,27,30H,5-8,11-12,14-16H2,1-4H3,(H,28,32)/t19-,20+,21+,24+/m0/s1. The van der Waals surface area contributed by atoms with E-state index in [4.69, 9.17) is 18.9 Å². The first-order valence-corrected chi connectivity index (χ1v) is 12.8. The van der Waals surface area contributed by atoms with Gasteiger partial charge in [-0.15, -0.1) is 0 Å². The van der Waals surface area contributed by atoms with Gasteiger partial charge in [0.05, 0.1) is 25.9 Å². The summed E-state index contributed by atoms with van der Waals surface area (Å²) in [6.07, 6.45) is 1.63. The number of ether oxygens (including phenoxy) is 4. The summed E-state index contributed by atoms with van der Waals surface area (Å²) in [4.78, 5) is 27.8. The SMILES string of the molecule is COCCCOc1cc(C(=O)N(C[C@@H]2CNC[C@H]2OC(=O)N[C@@H]2CCC[C@H]2O)C(C)C)ccc1OC. The number of carbonyl (C=O) groups excluding carboxylic acids is 2. The zero-order chi connectivity index (χ0) is 26.1. The molecule has 3 N–H and O–H groups in total. The number of aliphatic hydroxyl groups is 1. The van der Waals surface area contributed by atoms with Crippen molar-refractivity contribution in [3.8, 4) is 11.5 Å². The third kappa shape index (κ3) is 7.47. The molecule has 0 aromatic heterocycles. The number of carbonyl (C=O) groups is 2. The van der Waals surface area contributed by atoms with Crippen molar-refractivity contribution in [3.05, 3.63) is 23.8 Å². The molecule has 10 heteroatoms. The lowest BCUT2D eigenvalue weighted by atomic mass is 10.0. The summed E-state index contributed by atoms with van der Waals surface area (Å²) in [5.74, 6) is 0.891. The van der Waals surface area contributed by atoms with E-state index in [1.807, 2.05) is 13.8 Å². The Labute approximate surface area is 213 Å². The van der Waals surface area contributed by atoms with Gasteiger partial charge in [0.1, 0.15) is 6.10 Å². The van der Waals surface area contributed by atoms with Gasteiger partial charge in [-0.25, -0.2) is 4.79 Å². The van der Waals surface area contributed by atoms with Crippen LogP contribution in [-0.2, 0) is 9.47 Å². The molecule has 10 nitrogen and oxygen atoms in total. The molecule has 1 aliphatic carbocycles. The Morgan fingerprint density at radius 2 is 1.97 bits per heavy atom. The minimum Gasteiger partial charge on any atom is -0.493 e.